The van der Waals surface area contributed by atoms with Crippen LogP contribution in [0.3, 0.4) is 0 Å². The topological polar surface area (TPSA) is 46.5 Å². The monoisotopic (exact) mass is 236 g/mol. The van der Waals surface area contributed by atoms with Gasteiger partial charge in [0.2, 0.25) is 0 Å². The van der Waals surface area contributed by atoms with E-state index < -0.39 is 12.6 Å². The second-order valence-corrected chi connectivity index (χ2v) is 3.98. The number of halogens is 2. The highest BCUT2D eigenvalue weighted by Gasteiger charge is 2.19. The summed E-state index contributed by atoms with van der Waals surface area (Å²) in [6.07, 6.45) is 1.49. The molecule has 0 spiro atoms. The van der Waals surface area contributed by atoms with E-state index in [2.05, 4.69) is 4.74 Å². The van der Waals surface area contributed by atoms with E-state index >= 15 is 0 Å². The zero-order valence-electron chi connectivity index (χ0n) is 8.00. The quantitative estimate of drug-likeness (QED) is 0.854. The average molecular weight is 236 g/mol. The first-order valence-corrected chi connectivity index (χ1v) is 5.17. The van der Waals surface area contributed by atoms with Crippen molar-refractivity contribution in [3.63, 3.8) is 0 Å². The van der Waals surface area contributed by atoms with Crippen LogP contribution in [-0.4, -0.2) is 17.7 Å². The Kier molecular flexibility index (Phi) is 4.02. The molecule has 0 aromatic carbocycles. The third-order valence-electron chi connectivity index (χ3n) is 1.66. The molecule has 0 amide bonds. The molecule has 1 heterocycles. The number of aromatic carboxylic acids is 1. The van der Waals surface area contributed by atoms with Crippen molar-refractivity contribution >= 4 is 17.3 Å². The minimum Gasteiger partial charge on any atom is -0.477 e. The van der Waals surface area contributed by atoms with Crippen molar-refractivity contribution in [2.45, 2.75) is 26.4 Å². The van der Waals surface area contributed by atoms with Gasteiger partial charge in [-0.15, -0.1) is 11.3 Å². The number of carboxylic acids is 1. The Morgan fingerprint density at radius 2 is 2.33 bits per heavy atom. The van der Waals surface area contributed by atoms with Crippen molar-refractivity contribution in [2.24, 2.45) is 0 Å². The van der Waals surface area contributed by atoms with Gasteiger partial charge in [-0.2, -0.15) is 8.78 Å². The smallest absolute Gasteiger partial charge is 0.387 e. The molecule has 0 fully saturated rings. The van der Waals surface area contributed by atoms with Gasteiger partial charge in [0.25, 0.3) is 0 Å². The van der Waals surface area contributed by atoms with Gasteiger partial charge < -0.3 is 9.84 Å². The summed E-state index contributed by atoms with van der Waals surface area (Å²) in [7, 11) is 0. The summed E-state index contributed by atoms with van der Waals surface area (Å²) in [6.45, 7) is -1.07. The van der Waals surface area contributed by atoms with E-state index in [1.54, 1.807) is 0 Å². The van der Waals surface area contributed by atoms with Crippen LogP contribution in [0.25, 0.3) is 0 Å². The van der Waals surface area contributed by atoms with Crippen molar-refractivity contribution < 1.29 is 23.4 Å². The fraction of sp³-hybridized carbons (Fsp3) is 0.444. The second-order valence-electron chi connectivity index (χ2n) is 2.84. The molecule has 0 atom stereocenters. The van der Waals surface area contributed by atoms with Crippen LogP contribution in [0, 0.1) is 0 Å². The number of thiophene rings is 1. The van der Waals surface area contributed by atoms with Crippen molar-refractivity contribution in [3.05, 3.63) is 15.8 Å². The van der Waals surface area contributed by atoms with E-state index in [-0.39, 0.29) is 10.6 Å². The van der Waals surface area contributed by atoms with E-state index in [1.165, 1.54) is 6.07 Å². The van der Waals surface area contributed by atoms with E-state index in [0.29, 0.717) is 6.42 Å². The number of carboxylic acid groups (broad SMARTS) is 1. The molecule has 3 nitrogen and oxygen atoms in total. The summed E-state index contributed by atoms with van der Waals surface area (Å²) in [6, 6.07) is 1.36. The molecular weight excluding hydrogens is 226 g/mol. The van der Waals surface area contributed by atoms with Gasteiger partial charge in [-0.1, -0.05) is 13.3 Å². The molecule has 0 saturated carbocycles. The third-order valence-corrected chi connectivity index (χ3v) is 2.82. The molecule has 0 saturated heterocycles. The normalized spacial score (nSPS) is 10.7. The summed E-state index contributed by atoms with van der Waals surface area (Å²) in [4.78, 5) is 11.3. The number of aryl methyl sites for hydroxylation is 1. The molecular formula is C9H10F2O3S. The number of rotatable bonds is 5. The lowest BCUT2D eigenvalue weighted by Crippen LogP contribution is -2.04. The molecule has 0 aliphatic carbocycles. The van der Waals surface area contributed by atoms with Gasteiger partial charge in [0, 0.05) is 4.88 Å². The van der Waals surface area contributed by atoms with Gasteiger partial charge in [-0.25, -0.2) is 4.79 Å². The van der Waals surface area contributed by atoms with Gasteiger partial charge in [-0.3, -0.25) is 0 Å². The van der Waals surface area contributed by atoms with E-state index in [0.717, 1.165) is 22.6 Å². The Morgan fingerprint density at radius 1 is 1.67 bits per heavy atom. The fourth-order valence-electron chi connectivity index (χ4n) is 1.12. The number of hydrogen-bond donors (Lipinski definition) is 1. The standard InChI is InChI=1S/C9H10F2O3S/c1-2-3-5-4-6(14-9(10)11)7(15-5)8(12)13/h4,9H,2-3H2,1H3,(H,12,13). The number of hydrogen-bond acceptors (Lipinski definition) is 3. The SMILES string of the molecule is CCCc1cc(OC(F)F)c(C(=O)O)s1. The average Bonchev–Trinajstić information content (AvgIpc) is 2.47. The van der Waals surface area contributed by atoms with Crippen LogP contribution in [-0.2, 0) is 6.42 Å². The molecule has 0 aliphatic heterocycles. The Morgan fingerprint density at radius 3 is 2.80 bits per heavy atom. The Bertz CT molecular complexity index is 349. The van der Waals surface area contributed by atoms with Gasteiger partial charge >= 0.3 is 12.6 Å². The van der Waals surface area contributed by atoms with Crippen molar-refractivity contribution in [1.82, 2.24) is 0 Å². The number of alkyl halides is 2. The van der Waals surface area contributed by atoms with E-state index in [4.69, 9.17) is 5.11 Å². The van der Waals surface area contributed by atoms with Crippen molar-refractivity contribution in [3.8, 4) is 5.75 Å². The van der Waals surface area contributed by atoms with Crippen LogP contribution in [0.5, 0.6) is 5.75 Å². The van der Waals surface area contributed by atoms with E-state index in [9.17, 15) is 13.6 Å². The van der Waals surface area contributed by atoms with Crippen LogP contribution < -0.4 is 4.74 Å². The van der Waals surface area contributed by atoms with Crippen LogP contribution >= 0.6 is 11.3 Å². The molecule has 84 valence electrons. The van der Waals surface area contributed by atoms with Gasteiger partial charge in [-0.05, 0) is 12.5 Å². The zero-order valence-corrected chi connectivity index (χ0v) is 8.81. The molecule has 0 radical (unpaired) electrons. The van der Waals surface area contributed by atoms with Crippen LogP contribution in [0.4, 0.5) is 8.78 Å². The second kappa shape index (κ2) is 5.06. The lowest BCUT2D eigenvalue weighted by molar-refractivity contribution is -0.0500. The van der Waals surface area contributed by atoms with E-state index in [1.807, 2.05) is 6.92 Å². The number of ether oxygens (including phenoxy) is 1. The highest BCUT2D eigenvalue weighted by molar-refractivity contribution is 7.14. The predicted octanol–water partition coefficient (Wildman–Crippen LogP) is 3.00. The summed E-state index contributed by atoms with van der Waals surface area (Å²) in [5, 5.41) is 8.75. The first kappa shape index (κ1) is 11.9. The molecule has 1 aromatic rings. The molecule has 0 unspecified atom stereocenters. The fourth-order valence-corrected chi connectivity index (χ4v) is 2.15. The summed E-state index contributed by atoms with van der Waals surface area (Å²) < 4.78 is 28.0. The molecule has 0 aliphatic rings. The maximum Gasteiger partial charge on any atom is 0.387 e. The highest BCUT2D eigenvalue weighted by atomic mass is 32.1. The summed E-state index contributed by atoms with van der Waals surface area (Å²) >= 11 is 0.976. The highest BCUT2D eigenvalue weighted by Crippen LogP contribution is 2.31. The molecule has 0 bridgehead atoms. The minimum absolute atomic E-state index is 0.168. The molecule has 15 heavy (non-hydrogen) atoms. The van der Waals surface area contributed by atoms with Gasteiger partial charge in [0.1, 0.15) is 0 Å². The Hall–Kier alpha value is -1.17. The van der Waals surface area contributed by atoms with Crippen LogP contribution in [0.15, 0.2) is 6.07 Å². The first-order chi connectivity index (χ1) is 7.04. The maximum atomic E-state index is 11.9. The van der Waals surface area contributed by atoms with Crippen LogP contribution in [0.2, 0.25) is 0 Å². The predicted molar refractivity (Wildman–Crippen MR) is 51.9 cm³/mol. The summed E-state index contributed by atoms with van der Waals surface area (Å²) in [5.41, 5.74) is 0. The molecule has 6 heteroatoms. The Labute approximate surface area is 89.3 Å². The van der Waals surface area contributed by atoms with Crippen molar-refractivity contribution in [2.75, 3.05) is 0 Å². The number of carbonyl (C=O) groups is 1. The minimum atomic E-state index is -2.99. The maximum absolute atomic E-state index is 11.9. The first-order valence-electron chi connectivity index (χ1n) is 4.35. The Balaban J connectivity index is 2.95. The van der Waals surface area contributed by atoms with Gasteiger partial charge in [0.15, 0.2) is 10.6 Å². The zero-order chi connectivity index (χ0) is 11.4. The van der Waals surface area contributed by atoms with Gasteiger partial charge in [0.05, 0.1) is 0 Å². The molecule has 1 N–H and O–H groups in total. The lowest BCUT2D eigenvalue weighted by Gasteiger charge is -2.01. The molecule has 1 aromatic heterocycles. The van der Waals surface area contributed by atoms with Crippen LogP contribution in [0.1, 0.15) is 27.9 Å². The summed E-state index contributed by atoms with van der Waals surface area (Å²) in [5.74, 6) is -1.48. The molecule has 1 rings (SSSR count). The largest absolute Gasteiger partial charge is 0.477 e. The lowest BCUT2D eigenvalue weighted by atomic mass is 10.3. The van der Waals surface area contributed by atoms with Crippen molar-refractivity contribution in [1.29, 1.82) is 0 Å². The third kappa shape index (κ3) is 3.16.